The monoisotopic (exact) mass is 225 g/mol. The number of benzene rings is 1. The lowest BCUT2D eigenvalue weighted by atomic mass is 10.2. The second kappa shape index (κ2) is 4.86. The summed E-state index contributed by atoms with van der Waals surface area (Å²) in [5.41, 5.74) is 7.44. The van der Waals surface area contributed by atoms with Crippen molar-refractivity contribution in [3.63, 3.8) is 0 Å². The maximum atomic E-state index is 6.02. The van der Waals surface area contributed by atoms with Gasteiger partial charge in [-0.25, -0.2) is 0 Å². The average Bonchev–Trinajstić information content (AvgIpc) is 3.00. The highest BCUT2D eigenvalue weighted by molar-refractivity contribution is 6.31. The highest BCUT2D eigenvalue weighted by Gasteiger charge is 2.20. The van der Waals surface area contributed by atoms with Crippen molar-refractivity contribution in [3.8, 4) is 0 Å². The van der Waals surface area contributed by atoms with Crippen molar-refractivity contribution in [2.75, 3.05) is 12.3 Å². The summed E-state index contributed by atoms with van der Waals surface area (Å²) in [6.07, 6.45) is 3.92. The van der Waals surface area contributed by atoms with Crippen LogP contribution in [-0.2, 0) is 11.3 Å². The molecule has 1 saturated carbocycles. The molecule has 15 heavy (non-hydrogen) atoms. The van der Waals surface area contributed by atoms with E-state index in [1.807, 2.05) is 18.2 Å². The Bertz CT molecular complexity index is 316. The number of nitrogens with two attached hydrogens (primary N) is 1. The van der Waals surface area contributed by atoms with Crippen LogP contribution < -0.4 is 5.73 Å². The first kappa shape index (κ1) is 10.8. The summed E-state index contributed by atoms with van der Waals surface area (Å²) in [6.45, 7) is 1.34. The van der Waals surface area contributed by atoms with Crippen LogP contribution in [0.4, 0.5) is 5.69 Å². The third kappa shape index (κ3) is 3.11. The molecule has 0 radical (unpaired) electrons. The van der Waals surface area contributed by atoms with Gasteiger partial charge in [-0.3, -0.25) is 0 Å². The van der Waals surface area contributed by atoms with Crippen LogP contribution in [0.3, 0.4) is 0 Å². The fraction of sp³-hybridized carbons (Fsp3) is 0.500. The molecule has 1 aliphatic carbocycles. The molecule has 1 fully saturated rings. The van der Waals surface area contributed by atoms with E-state index in [0.29, 0.717) is 17.3 Å². The minimum atomic E-state index is 0.526. The fourth-order valence-corrected chi connectivity index (χ4v) is 1.79. The van der Waals surface area contributed by atoms with Gasteiger partial charge in [0.1, 0.15) is 0 Å². The molecule has 82 valence electrons. The first-order valence-electron chi connectivity index (χ1n) is 5.38. The standard InChI is InChI=1S/C12H16ClNO/c13-11-2-1-3-12(14)10(11)8-15-7-6-9-4-5-9/h1-3,9H,4-8,14H2. The first-order valence-corrected chi connectivity index (χ1v) is 5.76. The minimum Gasteiger partial charge on any atom is -0.398 e. The Morgan fingerprint density at radius 2 is 2.20 bits per heavy atom. The second-order valence-electron chi connectivity index (χ2n) is 4.09. The summed E-state index contributed by atoms with van der Waals surface area (Å²) < 4.78 is 5.57. The Hall–Kier alpha value is -0.730. The Morgan fingerprint density at radius 1 is 1.40 bits per heavy atom. The number of anilines is 1. The van der Waals surface area contributed by atoms with Crippen LogP contribution in [-0.4, -0.2) is 6.61 Å². The number of ether oxygens (including phenoxy) is 1. The molecular formula is C12H16ClNO. The smallest absolute Gasteiger partial charge is 0.0751 e. The molecule has 3 heteroatoms. The molecule has 0 saturated heterocycles. The molecule has 1 aliphatic rings. The van der Waals surface area contributed by atoms with Gasteiger partial charge in [0.2, 0.25) is 0 Å². The van der Waals surface area contributed by atoms with E-state index in [2.05, 4.69) is 0 Å². The van der Waals surface area contributed by atoms with Gasteiger partial charge in [0.25, 0.3) is 0 Å². The predicted molar refractivity (Wildman–Crippen MR) is 62.9 cm³/mol. The molecule has 0 unspecified atom stereocenters. The predicted octanol–water partition coefficient (Wildman–Crippen LogP) is 3.24. The van der Waals surface area contributed by atoms with Crippen molar-refractivity contribution in [1.29, 1.82) is 0 Å². The molecule has 2 rings (SSSR count). The largest absolute Gasteiger partial charge is 0.398 e. The maximum Gasteiger partial charge on any atom is 0.0751 e. The van der Waals surface area contributed by atoms with Gasteiger partial charge in [-0.2, -0.15) is 0 Å². The highest BCUT2D eigenvalue weighted by Crippen LogP contribution is 2.32. The van der Waals surface area contributed by atoms with Crippen molar-refractivity contribution < 1.29 is 4.74 Å². The summed E-state index contributed by atoms with van der Waals surface area (Å²) in [5.74, 6) is 0.911. The van der Waals surface area contributed by atoms with E-state index in [0.717, 1.165) is 18.1 Å². The summed E-state index contributed by atoms with van der Waals surface area (Å²) in [7, 11) is 0. The molecule has 0 amide bonds. The Morgan fingerprint density at radius 3 is 2.87 bits per heavy atom. The molecule has 1 aromatic rings. The molecular weight excluding hydrogens is 210 g/mol. The molecule has 2 N–H and O–H groups in total. The normalized spacial score (nSPS) is 15.5. The Labute approximate surface area is 95.4 Å². The number of hydrogen-bond donors (Lipinski definition) is 1. The van der Waals surface area contributed by atoms with Gasteiger partial charge in [-0.1, -0.05) is 30.5 Å². The zero-order valence-corrected chi connectivity index (χ0v) is 9.46. The van der Waals surface area contributed by atoms with Gasteiger partial charge < -0.3 is 10.5 Å². The highest BCUT2D eigenvalue weighted by atomic mass is 35.5. The topological polar surface area (TPSA) is 35.2 Å². The van der Waals surface area contributed by atoms with E-state index in [-0.39, 0.29) is 0 Å². The van der Waals surface area contributed by atoms with Crippen molar-refractivity contribution in [1.82, 2.24) is 0 Å². The van der Waals surface area contributed by atoms with Crippen LogP contribution in [0, 0.1) is 5.92 Å². The zero-order valence-electron chi connectivity index (χ0n) is 8.71. The molecule has 0 bridgehead atoms. The van der Waals surface area contributed by atoms with Gasteiger partial charge >= 0.3 is 0 Å². The van der Waals surface area contributed by atoms with Crippen LogP contribution in [0.25, 0.3) is 0 Å². The summed E-state index contributed by atoms with van der Waals surface area (Å²) in [5, 5.41) is 0.696. The van der Waals surface area contributed by atoms with E-state index in [4.69, 9.17) is 22.1 Å². The third-order valence-electron chi connectivity index (χ3n) is 2.77. The molecule has 0 aromatic heterocycles. The first-order chi connectivity index (χ1) is 7.27. The minimum absolute atomic E-state index is 0.526. The van der Waals surface area contributed by atoms with Crippen LogP contribution in [0.1, 0.15) is 24.8 Å². The summed E-state index contributed by atoms with van der Waals surface area (Å²) in [6, 6.07) is 5.55. The average molecular weight is 226 g/mol. The van der Waals surface area contributed by atoms with Gasteiger partial charge in [0, 0.05) is 22.9 Å². The van der Waals surface area contributed by atoms with Gasteiger partial charge in [0.15, 0.2) is 0 Å². The van der Waals surface area contributed by atoms with Gasteiger partial charge in [-0.05, 0) is 24.5 Å². The quantitative estimate of drug-likeness (QED) is 0.617. The van der Waals surface area contributed by atoms with E-state index < -0.39 is 0 Å². The van der Waals surface area contributed by atoms with Gasteiger partial charge in [-0.15, -0.1) is 0 Å². The SMILES string of the molecule is Nc1cccc(Cl)c1COCCC1CC1. The molecule has 0 aliphatic heterocycles. The van der Waals surface area contributed by atoms with E-state index >= 15 is 0 Å². The molecule has 0 atom stereocenters. The number of nitrogen functional groups attached to an aromatic ring is 1. The molecule has 1 aromatic carbocycles. The zero-order chi connectivity index (χ0) is 10.7. The van der Waals surface area contributed by atoms with Gasteiger partial charge in [0.05, 0.1) is 6.61 Å². The van der Waals surface area contributed by atoms with Crippen molar-refractivity contribution in [2.24, 2.45) is 5.92 Å². The lowest BCUT2D eigenvalue weighted by Crippen LogP contribution is -2.00. The maximum absolute atomic E-state index is 6.02. The number of rotatable bonds is 5. The van der Waals surface area contributed by atoms with Crippen molar-refractivity contribution in [3.05, 3.63) is 28.8 Å². The Balaban J connectivity index is 1.80. The van der Waals surface area contributed by atoms with Crippen molar-refractivity contribution >= 4 is 17.3 Å². The number of halogens is 1. The third-order valence-corrected chi connectivity index (χ3v) is 3.12. The van der Waals surface area contributed by atoms with Crippen LogP contribution in [0.15, 0.2) is 18.2 Å². The molecule has 0 spiro atoms. The lowest BCUT2D eigenvalue weighted by molar-refractivity contribution is 0.115. The lowest BCUT2D eigenvalue weighted by Gasteiger charge is -2.08. The van der Waals surface area contributed by atoms with Crippen molar-refractivity contribution in [2.45, 2.75) is 25.9 Å². The van der Waals surface area contributed by atoms with E-state index in [1.165, 1.54) is 19.3 Å². The van der Waals surface area contributed by atoms with Crippen LogP contribution in [0.5, 0.6) is 0 Å². The fourth-order valence-electron chi connectivity index (χ4n) is 1.56. The molecule has 2 nitrogen and oxygen atoms in total. The summed E-state index contributed by atoms with van der Waals surface area (Å²) >= 11 is 6.02. The van der Waals surface area contributed by atoms with Crippen LogP contribution in [0.2, 0.25) is 5.02 Å². The number of hydrogen-bond acceptors (Lipinski definition) is 2. The van der Waals surface area contributed by atoms with E-state index in [9.17, 15) is 0 Å². The summed E-state index contributed by atoms with van der Waals surface area (Å²) in [4.78, 5) is 0. The second-order valence-corrected chi connectivity index (χ2v) is 4.50. The van der Waals surface area contributed by atoms with Crippen LogP contribution >= 0.6 is 11.6 Å². The molecule has 0 heterocycles. The van der Waals surface area contributed by atoms with E-state index in [1.54, 1.807) is 0 Å². The Kier molecular flexibility index (Phi) is 3.49.